The van der Waals surface area contributed by atoms with Gasteiger partial charge in [0.15, 0.2) is 0 Å². The summed E-state index contributed by atoms with van der Waals surface area (Å²) in [6, 6.07) is 6.93. The van der Waals surface area contributed by atoms with Crippen LogP contribution in [0, 0.1) is 6.92 Å². The summed E-state index contributed by atoms with van der Waals surface area (Å²) in [4.78, 5) is 20.5. The molecule has 2 rings (SSSR count). The van der Waals surface area contributed by atoms with Crippen molar-refractivity contribution < 1.29 is 4.79 Å². The number of hydrogen-bond acceptors (Lipinski definition) is 4. The minimum atomic E-state index is -0.287. The Hall–Kier alpha value is -2.14. The number of anilines is 2. The number of nitrogens with one attached hydrogen (secondary N) is 2. The van der Waals surface area contributed by atoms with Gasteiger partial charge < -0.3 is 10.6 Å². The summed E-state index contributed by atoms with van der Waals surface area (Å²) in [6.07, 6.45) is 1.37. The predicted molar refractivity (Wildman–Crippen MR) is 89.5 cm³/mol. The van der Waals surface area contributed by atoms with E-state index in [1.807, 2.05) is 27.7 Å². The van der Waals surface area contributed by atoms with Crippen molar-refractivity contribution >= 4 is 29.0 Å². The second-order valence-corrected chi connectivity index (χ2v) is 6.51. The minimum absolute atomic E-state index is 0.144. The number of hydrogen-bond donors (Lipinski definition) is 2. The van der Waals surface area contributed by atoms with Gasteiger partial charge in [-0.05, 0) is 51.5 Å². The summed E-state index contributed by atoms with van der Waals surface area (Å²) in [5.41, 5.74) is 1.76. The van der Waals surface area contributed by atoms with Gasteiger partial charge in [0.25, 0.3) is 5.91 Å². The van der Waals surface area contributed by atoms with Gasteiger partial charge in [0.05, 0.1) is 0 Å². The molecular formula is C16H19ClN4O. The van der Waals surface area contributed by atoms with E-state index in [0.717, 1.165) is 5.56 Å². The van der Waals surface area contributed by atoms with Crippen molar-refractivity contribution in [2.45, 2.75) is 33.2 Å². The van der Waals surface area contributed by atoms with E-state index >= 15 is 0 Å². The van der Waals surface area contributed by atoms with Gasteiger partial charge in [-0.3, -0.25) is 4.79 Å². The van der Waals surface area contributed by atoms with Gasteiger partial charge in [0.2, 0.25) is 0 Å². The van der Waals surface area contributed by atoms with Gasteiger partial charge >= 0.3 is 0 Å². The molecule has 22 heavy (non-hydrogen) atoms. The van der Waals surface area contributed by atoms with Crippen LogP contribution < -0.4 is 10.6 Å². The first-order chi connectivity index (χ1) is 10.2. The molecule has 1 aromatic heterocycles. The van der Waals surface area contributed by atoms with Gasteiger partial charge in [0.1, 0.15) is 17.8 Å². The third-order valence-corrected chi connectivity index (χ3v) is 3.07. The molecule has 0 saturated carbocycles. The second-order valence-electron chi connectivity index (χ2n) is 6.08. The Morgan fingerprint density at radius 1 is 1.18 bits per heavy atom. The molecule has 0 atom stereocenters. The fourth-order valence-corrected chi connectivity index (χ4v) is 2.11. The first-order valence-electron chi connectivity index (χ1n) is 6.92. The second kappa shape index (κ2) is 6.32. The van der Waals surface area contributed by atoms with Crippen LogP contribution in [-0.4, -0.2) is 21.4 Å². The Kier molecular flexibility index (Phi) is 4.66. The number of amides is 1. The molecule has 1 heterocycles. The lowest BCUT2D eigenvalue weighted by atomic mass is 10.1. The molecule has 0 saturated heterocycles. The van der Waals surface area contributed by atoms with E-state index in [1.54, 1.807) is 24.3 Å². The maximum absolute atomic E-state index is 12.3. The maximum Gasteiger partial charge on any atom is 0.274 e. The van der Waals surface area contributed by atoms with Crippen LogP contribution in [-0.2, 0) is 0 Å². The third-order valence-electron chi connectivity index (χ3n) is 2.84. The number of nitrogens with zero attached hydrogens (tertiary/aromatic N) is 2. The Bertz CT molecular complexity index is 695. The minimum Gasteiger partial charge on any atom is -0.365 e. The zero-order valence-electron chi connectivity index (χ0n) is 13.1. The van der Waals surface area contributed by atoms with E-state index in [9.17, 15) is 4.79 Å². The van der Waals surface area contributed by atoms with Crippen molar-refractivity contribution in [2.24, 2.45) is 0 Å². The lowest BCUT2D eigenvalue weighted by molar-refractivity contribution is 0.102. The largest absolute Gasteiger partial charge is 0.365 e. The van der Waals surface area contributed by atoms with E-state index in [4.69, 9.17) is 11.6 Å². The Labute approximate surface area is 135 Å². The van der Waals surface area contributed by atoms with Gasteiger partial charge in [-0.25, -0.2) is 9.97 Å². The third kappa shape index (κ3) is 4.43. The molecule has 0 aliphatic rings. The zero-order chi connectivity index (χ0) is 16.3. The number of aryl methyl sites for hydroxylation is 1. The first kappa shape index (κ1) is 16.2. The van der Waals surface area contributed by atoms with Crippen molar-refractivity contribution in [1.29, 1.82) is 0 Å². The monoisotopic (exact) mass is 318 g/mol. The molecular weight excluding hydrogens is 300 g/mol. The number of benzene rings is 1. The van der Waals surface area contributed by atoms with E-state index in [-0.39, 0.29) is 11.4 Å². The predicted octanol–water partition coefficient (Wildman–Crippen LogP) is 3.90. The van der Waals surface area contributed by atoms with Crippen LogP contribution in [0.4, 0.5) is 11.5 Å². The Morgan fingerprint density at radius 2 is 1.91 bits per heavy atom. The lowest BCUT2D eigenvalue weighted by Gasteiger charge is -2.21. The molecule has 1 amide bonds. The van der Waals surface area contributed by atoms with E-state index in [2.05, 4.69) is 20.6 Å². The van der Waals surface area contributed by atoms with Gasteiger partial charge in [0, 0.05) is 22.3 Å². The van der Waals surface area contributed by atoms with Crippen molar-refractivity contribution in [3.63, 3.8) is 0 Å². The highest BCUT2D eigenvalue weighted by molar-refractivity contribution is 6.30. The first-order valence-corrected chi connectivity index (χ1v) is 7.30. The molecule has 6 heteroatoms. The normalized spacial score (nSPS) is 11.1. The van der Waals surface area contributed by atoms with Crippen molar-refractivity contribution in [2.75, 3.05) is 10.6 Å². The van der Waals surface area contributed by atoms with Gasteiger partial charge in [-0.1, -0.05) is 11.6 Å². The smallest absolute Gasteiger partial charge is 0.274 e. The molecule has 2 aromatic rings. The molecule has 0 fully saturated rings. The molecule has 2 N–H and O–H groups in total. The highest BCUT2D eigenvalue weighted by atomic mass is 35.5. The number of halogens is 1. The lowest BCUT2D eigenvalue weighted by Crippen LogP contribution is -2.27. The van der Waals surface area contributed by atoms with E-state index in [0.29, 0.717) is 22.2 Å². The molecule has 0 bridgehead atoms. The average Bonchev–Trinajstić information content (AvgIpc) is 2.40. The molecule has 0 unspecified atom stereocenters. The molecule has 0 aliphatic carbocycles. The number of carbonyl (C=O) groups is 1. The summed E-state index contributed by atoms with van der Waals surface area (Å²) in [5, 5.41) is 6.67. The highest BCUT2D eigenvalue weighted by Gasteiger charge is 2.14. The fraction of sp³-hybridized carbons (Fsp3) is 0.312. The van der Waals surface area contributed by atoms with Crippen molar-refractivity contribution in [3.05, 3.63) is 46.9 Å². The van der Waals surface area contributed by atoms with Crippen LogP contribution in [0.5, 0.6) is 0 Å². The van der Waals surface area contributed by atoms with Crippen LogP contribution in [0.2, 0.25) is 5.02 Å². The zero-order valence-corrected chi connectivity index (χ0v) is 13.8. The van der Waals surface area contributed by atoms with Crippen LogP contribution in [0.15, 0.2) is 30.6 Å². The summed E-state index contributed by atoms with van der Waals surface area (Å²) in [5.74, 6) is 0.324. The van der Waals surface area contributed by atoms with Crippen LogP contribution in [0.1, 0.15) is 36.8 Å². The summed E-state index contributed by atoms with van der Waals surface area (Å²) < 4.78 is 0. The molecule has 0 aliphatic heterocycles. The van der Waals surface area contributed by atoms with Crippen molar-refractivity contribution in [3.8, 4) is 0 Å². The number of carbonyl (C=O) groups excluding carboxylic acids is 1. The van der Waals surface area contributed by atoms with Crippen LogP contribution in [0.25, 0.3) is 0 Å². The summed E-state index contributed by atoms with van der Waals surface area (Å²) in [6.45, 7) is 7.94. The van der Waals surface area contributed by atoms with Crippen molar-refractivity contribution in [1.82, 2.24) is 9.97 Å². The Balaban J connectivity index is 2.17. The molecule has 116 valence electrons. The van der Waals surface area contributed by atoms with E-state index < -0.39 is 0 Å². The summed E-state index contributed by atoms with van der Waals surface area (Å²) >= 11 is 5.91. The van der Waals surface area contributed by atoms with Gasteiger partial charge in [-0.15, -0.1) is 0 Å². The number of aromatic nitrogens is 2. The van der Waals surface area contributed by atoms with Gasteiger partial charge in [-0.2, -0.15) is 0 Å². The van der Waals surface area contributed by atoms with E-state index in [1.165, 1.54) is 6.33 Å². The fourth-order valence-electron chi connectivity index (χ4n) is 1.89. The molecule has 5 nitrogen and oxygen atoms in total. The topological polar surface area (TPSA) is 66.9 Å². The number of rotatable bonds is 3. The average molecular weight is 319 g/mol. The standard InChI is InChI=1S/C16H19ClN4O/c1-10-7-11(17)5-6-12(10)20-15(22)13-8-14(19-9-18-13)21-16(2,3)4/h5-9H,1-4H3,(H,20,22)(H,18,19,21). The molecule has 0 spiro atoms. The molecule has 1 aromatic carbocycles. The molecule has 0 radical (unpaired) electrons. The SMILES string of the molecule is Cc1cc(Cl)ccc1NC(=O)c1cc(NC(C)(C)C)ncn1. The highest BCUT2D eigenvalue weighted by Crippen LogP contribution is 2.20. The van der Waals surface area contributed by atoms with Crippen LogP contribution >= 0.6 is 11.6 Å². The maximum atomic E-state index is 12.3. The quantitative estimate of drug-likeness (QED) is 0.900. The summed E-state index contributed by atoms with van der Waals surface area (Å²) in [7, 11) is 0. The van der Waals surface area contributed by atoms with Crippen LogP contribution in [0.3, 0.4) is 0 Å². The Morgan fingerprint density at radius 3 is 2.55 bits per heavy atom.